The van der Waals surface area contributed by atoms with Crippen molar-refractivity contribution in [2.75, 3.05) is 13.7 Å². The number of amides is 1. The summed E-state index contributed by atoms with van der Waals surface area (Å²) in [6.07, 6.45) is 3.15. The number of H-pyrrole nitrogens is 1. The molecule has 7 heteroatoms. The fourth-order valence-electron chi connectivity index (χ4n) is 6.32. The molecule has 0 spiro atoms. The van der Waals surface area contributed by atoms with Crippen molar-refractivity contribution in [1.29, 1.82) is 0 Å². The minimum absolute atomic E-state index is 0.215. The molecule has 1 aliphatic heterocycles. The number of para-hydroxylation sites is 1. The minimum atomic E-state index is -0.501. The third-order valence-electron chi connectivity index (χ3n) is 8.96. The molecular formula is C36H38FN3O3. The lowest BCUT2D eigenvalue weighted by Gasteiger charge is -2.26. The van der Waals surface area contributed by atoms with E-state index in [1.165, 1.54) is 12.1 Å². The van der Waals surface area contributed by atoms with Crippen LogP contribution >= 0.6 is 0 Å². The maximum absolute atomic E-state index is 14.5. The molecule has 0 saturated heterocycles. The van der Waals surface area contributed by atoms with Crippen molar-refractivity contribution in [2.45, 2.75) is 52.1 Å². The second kappa shape index (κ2) is 11.7. The first-order valence-corrected chi connectivity index (χ1v) is 15.0. The van der Waals surface area contributed by atoms with Gasteiger partial charge < -0.3 is 24.7 Å². The van der Waals surface area contributed by atoms with E-state index in [-0.39, 0.29) is 24.2 Å². The number of aliphatic hydroxyl groups excluding tert-OH is 1. The number of nitrogens with zero attached hydrogens (tertiary/aromatic N) is 1. The van der Waals surface area contributed by atoms with Crippen molar-refractivity contribution < 1.29 is 19.0 Å². The molecule has 6 rings (SSSR count). The molecule has 1 aliphatic rings. The van der Waals surface area contributed by atoms with Gasteiger partial charge in [-0.2, -0.15) is 0 Å². The fourth-order valence-corrected chi connectivity index (χ4v) is 6.32. The topological polar surface area (TPSA) is 79.3 Å². The third-order valence-corrected chi connectivity index (χ3v) is 8.96. The number of fused-ring (bicyclic) bond motifs is 4. The number of ether oxygens (including phenoxy) is 1. The van der Waals surface area contributed by atoms with Crippen molar-refractivity contribution in [2.24, 2.45) is 5.92 Å². The summed E-state index contributed by atoms with van der Waals surface area (Å²) in [7, 11) is 1.71. The SMILES string of the molecule is COc1cc2c(cc1C(C)C(C)C)-c1cc(C(=O)N[C@@H](CO)Cc3c[nH]c4ccccc34)c(-c3cccc(F)c3)n1CC2. The van der Waals surface area contributed by atoms with E-state index >= 15 is 0 Å². The van der Waals surface area contributed by atoms with Crippen LogP contribution in [0.3, 0.4) is 0 Å². The molecule has 222 valence electrons. The third kappa shape index (κ3) is 5.34. The summed E-state index contributed by atoms with van der Waals surface area (Å²) in [5, 5.41) is 14.4. The molecule has 1 unspecified atom stereocenters. The van der Waals surface area contributed by atoms with Crippen LogP contribution in [0.5, 0.6) is 5.75 Å². The largest absolute Gasteiger partial charge is 0.496 e. The van der Waals surface area contributed by atoms with Gasteiger partial charge in [-0.15, -0.1) is 0 Å². The van der Waals surface area contributed by atoms with E-state index in [4.69, 9.17) is 4.74 Å². The Kier molecular flexibility index (Phi) is 7.84. The van der Waals surface area contributed by atoms with Gasteiger partial charge in [-0.1, -0.05) is 51.1 Å². The summed E-state index contributed by atoms with van der Waals surface area (Å²) in [6, 6.07) is 20.1. The summed E-state index contributed by atoms with van der Waals surface area (Å²) in [5.41, 5.74) is 8.07. The van der Waals surface area contributed by atoms with Gasteiger partial charge in [0.25, 0.3) is 5.91 Å². The molecule has 0 radical (unpaired) electrons. The molecule has 0 saturated carbocycles. The molecule has 3 heterocycles. The first kappa shape index (κ1) is 28.7. The number of aromatic amines is 1. The van der Waals surface area contributed by atoms with Crippen LogP contribution in [0.4, 0.5) is 4.39 Å². The van der Waals surface area contributed by atoms with Crippen molar-refractivity contribution in [3.05, 3.63) is 101 Å². The Balaban J connectivity index is 1.42. The number of halogens is 1. The number of aryl methyl sites for hydroxylation is 1. The lowest BCUT2D eigenvalue weighted by molar-refractivity contribution is 0.0917. The highest BCUT2D eigenvalue weighted by atomic mass is 19.1. The Morgan fingerprint density at radius 1 is 1.09 bits per heavy atom. The quantitative estimate of drug-likeness (QED) is 0.174. The zero-order valence-electron chi connectivity index (χ0n) is 25.1. The van der Waals surface area contributed by atoms with Gasteiger partial charge >= 0.3 is 0 Å². The van der Waals surface area contributed by atoms with Gasteiger partial charge in [-0.3, -0.25) is 4.79 Å². The second-order valence-corrected chi connectivity index (χ2v) is 11.9. The Morgan fingerprint density at radius 2 is 1.91 bits per heavy atom. The number of benzene rings is 3. The number of rotatable bonds is 9. The van der Waals surface area contributed by atoms with Crippen LogP contribution < -0.4 is 10.1 Å². The van der Waals surface area contributed by atoms with Crippen molar-refractivity contribution >= 4 is 16.8 Å². The van der Waals surface area contributed by atoms with Crippen molar-refractivity contribution in [3.63, 3.8) is 0 Å². The number of aromatic nitrogens is 2. The summed E-state index contributed by atoms with van der Waals surface area (Å²) < 4.78 is 22.5. The molecule has 0 aliphatic carbocycles. The van der Waals surface area contributed by atoms with E-state index < -0.39 is 6.04 Å². The normalized spacial score (nSPS) is 13.9. The van der Waals surface area contributed by atoms with Gasteiger partial charge in [0.15, 0.2) is 0 Å². The average molecular weight is 580 g/mol. The van der Waals surface area contributed by atoms with E-state index in [1.54, 1.807) is 13.2 Å². The summed E-state index contributed by atoms with van der Waals surface area (Å²) in [6.45, 7) is 7.03. The summed E-state index contributed by atoms with van der Waals surface area (Å²) in [5.74, 6) is 0.906. The van der Waals surface area contributed by atoms with E-state index in [0.29, 0.717) is 35.7 Å². The molecule has 43 heavy (non-hydrogen) atoms. The Morgan fingerprint density at radius 3 is 2.65 bits per heavy atom. The van der Waals surface area contributed by atoms with Crippen LogP contribution in [0.2, 0.25) is 0 Å². The van der Waals surface area contributed by atoms with E-state index in [1.807, 2.05) is 42.6 Å². The summed E-state index contributed by atoms with van der Waals surface area (Å²) >= 11 is 0. The molecule has 3 aromatic carbocycles. The molecule has 2 aromatic heterocycles. The van der Waals surface area contributed by atoms with Crippen LogP contribution in [0.25, 0.3) is 33.4 Å². The minimum Gasteiger partial charge on any atom is -0.496 e. The molecule has 2 atom stereocenters. The van der Waals surface area contributed by atoms with Gasteiger partial charge in [-0.05, 0) is 77.8 Å². The molecule has 0 fully saturated rings. The van der Waals surface area contributed by atoms with Crippen LogP contribution in [0.15, 0.2) is 72.9 Å². The van der Waals surface area contributed by atoms with Crippen LogP contribution in [0, 0.1) is 11.7 Å². The molecular weight excluding hydrogens is 541 g/mol. The molecule has 3 N–H and O–H groups in total. The standard InChI is InChI=1S/C36H38FN3O3/c1-21(2)22(3)29-17-30-23(16-34(29)43-4)12-13-40-33(30)18-31(35(40)24-8-7-9-26(37)14-24)36(42)39-27(20-41)15-25-19-38-32-11-6-5-10-28(25)32/h5-11,14,16-19,21-22,27,38,41H,12-13,15,20H2,1-4H3,(H,39,42)/t22?,27-/m1/s1. The van der Waals surface area contributed by atoms with Crippen molar-refractivity contribution in [1.82, 2.24) is 14.9 Å². The Bertz CT molecular complexity index is 1800. The highest BCUT2D eigenvalue weighted by Gasteiger charge is 2.29. The van der Waals surface area contributed by atoms with E-state index in [0.717, 1.165) is 51.0 Å². The smallest absolute Gasteiger partial charge is 0.253 e. The summed E-state index contributed by atoms with van der Waals surface area (Å²) in [4.78, 5) is 17.3. The highest BCUT2D eigenvalue weighted by Crippen LogP contribution is 2.43. The van der Waals surface area contributed by atoms with Gasteiger partial charge in [0.1, 0.15) is 11.6 Å². The monoisotopic (exact) mass is 579 g/mol. The number of aliphatic hydroxyl groups is 1. The maximum atomic E-state index is 14.5. The predicted molar refractivity (Wildman–Crippen MR) is 169 cm³/mol. The zero-order chi connectivity index (χ0) is 30.2. The Hall–Kier alpha value is -4.36. The average Bonchev–Trinajstić information content (AvgIpc) is 3.61. The van der Waals surface area contributed by atoms with Crippen molar-refractivity contribution in [3.8, 4) is 28.3 Å². The molecule has 5 aromatic rings. The van der Waals surface area contributed by atoms with E-state index in [2.05, 4.69) is 47.8 Å². The van der Waals surface area contributed by atoms with Crippen LogP contribution in [-0.4, -0.2) is 40.3 Å². The molecule has 1 amide bonds. The van der Waals surface area contributed by atoms with Gasteiger partial charge in [0, 0.05) is 40.5 Å². The number of nitrogens with one attached hydrogen (secondary N) is 2. The van der Waals surface area contributed by atoms with Gasteiger partial charge in [0.05, 0.1) is 31.0 Å². The molecule has 0 bridgehead atoms. The zero-order valence-corrected chi connectivity index (χ0v) is 25.1. The number of methoxy groups -OCH3 is 1. The predicted octanol–water partition coefficient (Wildman–Crippen LogP) is 7.10. The highest BCUT2D eigenvalue weighted by molar-refractivity contribution is 6.02. The second-order valence-electron chi connectivity index (χ2n) is 11.9. The first-order valence-electron chi connectivity index (χ1n) is 15.0. The number of hydrogen-bond acceptors (Lipinski definition) is 3. The number of carbonyl (C=O) groups excluding carboxylic acids is 1. The van der Waals surface area contributed by atoms with Gasteiger partial charge in [0.2, 0.25) is 0 Å². The first-order chi connectivity index (χ1) is 20.8. The van der Waals surface area contributed by atoms with Gasteiger partial charge in [-0.25, -0.2) is 4.39 Å². The molecule has 6 nitrogen and oxygen atoms in total. The number of hydrogen-bond donors (Lipinski definition) is 3. The number of carbonyl (C=O) groups is 1. The van der Waals surface area contributed by atoms with Crippen LogP contribution in [0.1, 0.15) is 53.7 Å². The lowest BCUT2D eigenvalue weighted by atomic mass is 9.85. The fraction of sp³-hybridized carbons (Fsp3) is 0.306. The maximum Gasteiger partial charge on any atom is 0.253 e. The Labute approximate surface area is 251 Å². The van der Waals surface area contributed by atoms with Crippen LogP contribution in [-0.2, 0) is 19.4 Å². The lowest BCUT2D eigenvalue weighted by Crippen LogP contribution is -2.39. The van der Waals surface area contributed by atoms with E-state index in [9.17, 15) is 14.3 Å².